The van der Waals surface area contributed by atoms with E-state index in [1.807, 2.05) is 0 Å². The van der Waals surface area contributed by atoms with E-state index in [0.29, 0.717) is 11.1 Å². The summed E-state index contributed by atoms with van der Waals surface area (Å²) in [6, 6.07) is 2.25. The van der Waals surface area contributed by atoms with Gasteiger partial charge in [-0.05, 0) is 24.6 Å². The van der Waals surface area contributed by atoms with E-state index in [9.17, 15) is 4.79 Å². The molecule has 1 atom stereocenters. The van der Waals surface area contributed by atoms with Gasteiger partial charge < -0.3 is 4.43 Å². The molecule has 0 amide bonds. The summed E-state index contributed by atoms with van der Waals surface area (Å²) in [5, 5.41) is 0. The molecule has 0 radical (unpaired) electrons. The van der Waals surface area contributed by atoms with Crippen molar-refractivity contribution in [2.24, 2.45) is 0 Å². The topological polar surface area (TPSA) is 26.3 Å². The Morgan fingerprint density at radius 3 is 1.86 bits per heavy atom. The Morgan fingerprint density at radius 2 is 1.52 bits per heavy atom. The molecule has 21 heavy (non-hydrogen) atoms. The van der Waals surface area contributed by atoms with Crippen LogP contribution in [0.1, 0.15) is 79.6 Å². The van der Waals surface area contributed by atoms with Crippen molar-refractivity contribution in [2.75, 3.05) is 0 Å². The molecular formula is C18H36O2Si. The third kappa shape index (κ3) is 7.30. The number of hydrogen-bond donors (Lipinski definition) is 0. The van der Waals surface area contributed by atoms with Crippen molar-refractivity contribution < 1.29 is 9.22 Å². The Bertz CT molecular complexity index is 302. The van der Waals surface area contributed by atoms with Crippen LogP contribution in [0.4, 0.5) is 0 Å². The van der Waals surface area contributed by atoms with Crippen molar-refractivity contribution in [1.29, 1.82) is 0 Å². The van der Waals surface area contributed by atoms with Crippen LogP contribution in [-0.4, -0.2) is 14.3 Å². The number of hydrogen-bond acceptors (Lipinski definition) is 2. The largest absolute Gasteiger partial charge is 0.516 e. The first-order valence-corrected chi connectivity index (χ1v) is 11.2. The Morgan fingerprint density at radius 1 is 1.05 bits per heavy atom. The molecule has 0 aliphatic carbocycles. The molecule has 3 heteroatoms. The normalized spacial score (nSPS) is 13.0. The van der Waals surface area contributed by atoms with Gasteiger partial charge >= 0.3 is 5.97 Å². The second-order valence-corrected chi connectivity index (χ2v) is 10.8. The molecule has 0 rings (SSSR count). The smallest absolute Gasteiger partial charge is 0.319 e. The average molecular weight is 313 g/mol. The minimum absolute atomic E-state index is 0.157. The summed E-state index contributed by atoms with van der Waals surface area (Å²) < 4.78 is 6.15. The first-order valence-electron chi connectivity index (χ1n) is 8.82. The zero-order valence-electron chi connectivity index (χ0n) is 15.0. The summed E-state index contributed by atoms with van der Waals surface area (Å²) in [5.41, 5.74) is 1.08. The first kappa shape index (κ1) is 20.4. The van der Waals surface area contributed by atoms with Gasteiger partial charge in [0.15, 0.2) is 0 Å². The maximum atomic E-state index is 12.2. The summed E-state index contributed by atoms with van der Waals surface area (Å²) >= 11 is 0. The van der Waals surface area contributed by atoms with Crippen LogP contribution in [-0.2, 0) is 9.22 Å². The van der Waals surface area contributed by atoms with Gasteiger partial charge in [0.05, 0.1) is 0 Å². The van der Waals surface area contributed by atoms with Crippen LogP contribution in [0.3, 0.4) is 0 Å². The molecule has 0 aliphatic rings. The van der Waals surface area contributed by atoms with Crippen LogP contribution in [0.2, 0.25) is 17.6 Å². The highest BCUT2D eigenvalue weighted by Gasteiger charge is 2.42. The lowest BCUT2D eigenvalue weighted by Crippen LogP contribution is -2.44. The molecule has 0 heterocycles. The third-order valence-electron chi connectivity index (χ3n) is 4.56. The van der Waals surface area contributed by atoms with Gasteiger partial charge in [-0.15, -0.1) is 0 Å². The van der Waals surface area contributed by atoms with Crippen molar-refractivity contribution in [3.8, 4) is 0 Å². The van der Waals surface area contributed by atoms with Crippen molar-refractivity contribution in [1.82, 2.24) is 0 Å². The second-order valence-electron chi connectivity index (χ2n) is 6.46. The maximum absolute atomic E-state index is 12.2. The van der Waals surface area contributed by atoms with Crippen LogP contribution in [0.15, 0.2) is 12.2 Å². The van der Waals surface area contributed by atoms with E-state index in [1.165, 1.54) is 38.5 Å². The quantitative estimate of drug-likeness (QED) is 0.242. The van der Waals surface area contributed by atoms with Gasteiger partial charge in [-0.2, -0.15) is 0 Å². The maximum Gasteiger partial charge on any atom is 0.319 e. The van der Waals surface area contributed by atoms with Crippen molar-refractivity contribution >= 4 is 14.3 Å². The molecule has 0 aromatic carbocycles. The summed E-state index contributed by atoms with van der Waals surface area (Å²) in [6.45, 7) is 14.5. The van der Waals surface area contributed by atoms with E-state index in [1.54, 1.807) is 6.92 Å². The van der Waals surface area contributed by atoms with Gasteiger partial charge in [-0.1, -0.05) is 79.2 Å². The molecule has 124 valence electrons. The zero-order valence-corrected chi connectivity index (χ0v) is 16.0. The molecular weight excluding hydrogens is 276 g/mol. The molecule has 0 N–H and O–H groups in total. The first-order chi connectivity index (χ1) is 9.93. The lowest BCUT2D eigenvalue weighted by Gasteiger charge is -2.36. The molecule has 0 aliphatic heterocycles. The minimum atomic E-state index is -2.01. The zero-order chi connectivity index (χ0) is 16.3. The fourth-order valence-electron chi connectivity index (χ4n) is 2.81. The molecule has 0 saturated carbocycles. The number of rotatable bonds is 12. The predicted octanol–water partition coefficient (Wildman–Crippen LogP) is 6.23. The SMILES string of the molecule is C=C(C)C(=O)O[Si](CCCCC)(CCCCC)C(C)CC. The summed E-state index contributed by atoms with van der Waals surface area (Å²) in [4.78, 5) is 12.2. The Hall–Kier alpha value is -0.573. The van der Waals surface area contributed by atoms with Crippen LogP contribution >= 0.6 is 0 Å². The molecule has 1 unspecified atom stereocenters. The van der Waals surface area contributed by atoms with E-state index in [4.69, 9.17) is 4.43 Å². The molecule has 0 bridgehead atoms. The monoisotopic (exact) mass is 312 g/mol. The summed E-state index contributed by atoms with van der Waals surface area (Å²) in [7, 11) is -2.01. The fourth-order valence-corrected chi connectivity index (χ4v) is 7.44. The van der Waals surface area contributed by atoms with E-state index in [0.717, 1.165) is 18.5 Å². The molecule has 0 aromatic rings. The highest BCUT2D eigenvalue weighted by molar-refractivity contribution is 6.76. The highest BCUT2D eigenvalue weighted by atomic mass is 28.4. The number of carbonyl (C=O) groups excluding carboxylic acids is 1. The van der Waals surface area contributed by atoms with Gasteiger partial charge in [0.1, 0.15) is 0 Å². The standard InChI is InChI=1S/C18H36O2Si/c1-7-10-12-14-21(17(6)9-3,15-13-11-8-2)20-18(19)16(4)5/h17H,4,7-15H2,1-3,5-6H3. The van der Waals surface area contributed by atoms with Crippen molar-refractivity contribution in [2.45, 2.75) is 97.2 Å². The van der Waals surface area contributed by atoms with Gasteiger partial charge in [-0.25, -0.2) is 4.79 Å². The van der Waals surface area contributed by atoms with Gasteiger partial charge in [0.2, 0.25) is 0 Å². The van der Waals surface area contributed by atoms with E-state index < -0.39 is 8.32 Å². The van der Waals surface area contributed by atoms with Crippen LogP contribution in [0.5, 0.6) is 0 Å². The van der Waals surface area contributed by atoms with Crippen molar-refractivity contribution in [3.63, 3.8) is 0 Å². The van der Waals surface area contributed by atoms with Gasteiger partial charge in [0, 0.05) is 5.57 Å². The molecule has 0 aromatic heterocycles. The highest BCUT2D eigenvalue weighted by Crippen LogP contribution is 2.37. The Balaban J connectivity index is 5.07. The van der Waals surface area contributed by atoms with Gasteiger partial charge in [-0.3, -0.25) is 0 Å². The second kappa shape index (κ2) is 11.1. The van der Waals surface area contributed by atoms with Crippen LogP contribution in [0.25, 0.3) is 0 Å². The predicted molar refractivity (Wildman–Crippen MR) is 95.0 cm³/mol. The third-order valence-corrected chi connectivity index (χ3v) is 9.76. The fraction of sp³-hybridized carbons (Fsp3) is 0.833. The van der Waals surface area contributed by atoms with Crippen LogP contribution < -0.4 is 0 Å². The minimum Gasteiger partial charge on any atom is -0.516 e. The molecule has 0 spiro atoms. The Labute approximate surface area is 133 Å². The summed E-state index contributed by atoms with van der Waals surface area (Å²) in [6.07, 6.45) is 8.41. The van der Waals surface area contributed by atoms with Crippen LogP contribution in [0, 0.1) is 0 Å². The lowest BCUT2D eigenvalue weighted by atomic mass is 10.3. The lowest BCUT2D eigenvalue weighted by molar-refractivity contribution is -0.131. The Kier molecular flexibility index (Phi) is 10.8. The molecule has 0 fully saturated rings. The number of carbonyl (C=O) groups is 1. The van der Waals surface area contributed by atoms with E-state index >= 15 is 0 Å². The summed E-state index contributed by atoms with van der Waals surface area (Å²) in [5.74, 6) is -0.157. The molecule has 2 nitrogen and oxygen atoms in total. The van der Waals surface area contributed by atoms with E-state index in [-0.39, 0.29) is 5.97 Å². The average Bonchev–Trinajstić information content (AvgIpc) is 2.46. The van der Waals surface area contributed by atoms with Crippen molar-refractivity contribution in [3.05, 3.63) is 12.2 Å². The van der Waals surface area contributed by atoms with E-state index in [2.05, 4.69) is 34.3 Å². The van der Waals surface area contributed by atoms with Gasteiger partial charge in [0.25, 0.3) is 8.32 Å². The molecule has 0 saturated heterocycles. The number of unbranched alkanes of at least 4 members (excludes halogenated alkanes) is 4.